The summed E-state index contributed by atoms with van der Waals surface area (Å²) in [6.07, 6.45) is 3.72. The number of halogens is 1. The molecule has 0 radical (unpaired) electrons. The Bertz CT molecular complexity index is 552. The van der Waals surface area contributed by atoms with Crippen molar-refractivity contribution in [1.82, 2.24) is 9.80 Å². The standard InChI is InChI=1S/C18H25ClN2O/c1-12-11-20(2)10-9-14-17(8-7-15-18(19)21(14)15)22-16-6-4-3-5-13(12)16/h3-6,12,14-15,17-18H,7-11H2,1-2H3/t12-,14-,15?,17?,18-,21?/m1/s1. The molecule has 120 valence electrons. The molecule has 0 amide bonds. The van der Waals surface area contributed by atoms with E-state index in [9.17, 15) is 0 Å². The monoisotopic (exact) mass is 320 g/mol. The van der Waals surface area contributed by atoms with Crippen LogP contribution in [0.5, 0.6) is 5.75 Å². The average molecular weight is 321 g/mol. The molecule has 1 aromatic carbocycles. The molecule has 22 heavy (non-hydrogen) atoms. The van der Waals surface area contributed by atoms with E-state index in [-0.39, 0.29) is 11.6 Å². The first-order valence-corrected chi connectivity index (χ1v) is 8.94. The van der Waals surface area contributed by atoms with E-state index in [1.54, 1.807) is 0 Å². The largest absolute Gasteiger partial charge is 0.489 e. The smallest absolute Gasteiger partial charge is 0.123 e. The summed E-state index contributed by atoms with van der Waals surface area (Å²) in [7, 11) is 2.23. The van der Waals surface area contributed by atoms with Crippen LogP contribution in [-0.2, 0) is 0 Å². The zero-order valence-corrected chi connectivity index (χ0v) is 14.2. The second-order valence-corrected chi connectivity index (χ2v) is 7.63. The molecule has 0 spiro atoms. The summed E-state index contributed by atoms with van der Waals surface area (Å²) in [6, 6.07) is 9.62. The predicted molar refractivity (Wildman–Crippen MR) is 89.7 cm³/mol. The Hall–Kier alpha value is -0.770. The van der Waals surface area contributed by atoms with Gasteiger partial charge in [0, 0.05) is 18.6 Å². The fourth-order valence-electron chi connectivity index (χ4n) is 4.34. The van der Waals surface area contributed by atoms with Gasteiger partial charge in [-0.1, -0.05) is 25.1 Å². The Morgan fingerprint density at radius 3 is 2.82 bits per heavy atom. The van der Waals surface area contributed by atoms with Gasteiger partial charge in [-0.25, -0.2) is 0 Å². The van der Waals surface area contributed by atoms with Crippen molar-refractivity contribution in [3.05, 3.63) is 29.8 Å². The molecular formula is C18H25ClN2O. The van der Waals surface area contributed by atoms with Crippen LogP contribution in [0.4, 0.5) is 0 Å². The predicted octanol–water partition coefficient (Wildman–Crippen LogP) is 3.28. The second-order valence-electron chi connectivity index (χ2n) is 7.18. The fourth-order valence-corrected chi connectivity index (χ4v) is 4.82. The molecule has 3 nitrogen and oxygen atoms in total. The molecule has 0 aromatic heterocycles. The van der Waals surface area contributed by atoms with Gasteiger partial charge < -0.3 is 9.64 Å². The van der Waals surface area contributed by atoms with Crippen LogP contribution >= 0.6 is 11.6 Å². The molecule has 0 saturated carbocycles. The Balaban J connectivity index is 1.65. The lowest BCUT2D eigenvalue weighted by Gasteiger charge is -2.36. The van der Waals surface area contributed by atoms with E-state index < -0.39 is 0 Å². The highest BCUT2D eigenvalue weighted by atomic mass is 35.5. The van der Waals surface area contributed by atoms with E-state index in [1.165, 1.54) is 12.0 Å². The van der Waals surface area contributed by atoms with Crippen molar-refractivity contribution in [3.8, 4) is 5.75 Å². The van der Waals surface area contributed by atoms with Gasteiger partial charge in [-0.2, -0.15) is 0 Å². The summed E-state index contributed by atoms with van der Waals surface area (Å²) in [4.78, 5) is 4.93. The van der Waals surface area contributed by atoms with Crippen molar-refractivity contribution < 1.29 is 4.74 Å². The summed E-state index contributed by atoms with van der Waals surface area (Å²) < 4.78 is 6.51. The molecule has 0 bridgehead atoms. The Morgan fingerprint density at radius 2 is 1.95 bits per heavy atom. The van der Waals surface area contributed by atoms with Gasteiger partial charge >= 0.3 is 0 Å². The lowest BCUT2D eigenvalue weighted by molar-refractivity contribution is 0.0691. The van der Waals surface area contributed by atoms with Gasteiger partial charge in [-0.15, -0.1) is 11.6 Å². The third-order valence-electron chi connectivity index (χ3n) is 5.58. The van der Waals surface area contributed by atoms with E-state index in [4.69, 9.17) is 16.3 Å². The third-order valence-corrected chi connectivity index (χ3v) is 6.09. The van der Waals surface area contributed by atoms with Crippen LogP contribution in [0.15, 0.2) is 24.3 Å². The maximum Gasteiger partial charge on any atom is 0.123 e. The van der Waals surface area contributed by atoms with E-state index in [1.807, 2.05) is 0 Å². The van der Waals surface area contributed by atoms with Crippen LogP contribution in [0.2, 0.25) is 0 Å². The first kappa shape index (κ1) is 14.8. The quantitative estimate of drug-likeness (QED) is 0.414. The summed E-state index contributed by atoms with van der Waals surface area (Å²) in [6.45, 7) is 4.49. The van der Waals surface area contributed by atoms with Crippen molar-refractivity contribution in [1.29, 1.82) is 0 Å². The zero-order chi connectivity index (χ0) is 15.3. The molecule has 2 fully saturated rings. The van der Waals surface area contributed by atoms with Crippen LogP contribution in [0, 0.1) is 0 Å². The minimum atomic E-state index is 0.237. The average Bonchev–Trinajstić information content (AvgIpc) is 3.17. The summed E-state index contributed by atoms with van der Waals surface area (Å²) in [5.41, 5.74) is 1.58. The van der Waals surface area contributed by atoms with Crippen LogP contribution in [0.25, 0.3) is 0 Å². The number of fused-ring (bicyclic) bond motifs is 4. The van der Waals surface area contributed by atoms with E-state index in [0.717, 1.165) is 31.7 Å². The van der Waals surface area contributed by atoms with Crippen molar-refractivity contribution in [2.75, 3.05) is 20.1 Å². The van der Waals surface area contributed by atoms with Gasteiger partial charge in [0.2, 0.25) is 0 Å². The van der Waals surface area contributed by atoms with E-state index in [0.29, 0.717) is 18.0 Å². The SMILES string of the molecule is C[C@@H]1CN(C)CC[C@@H]2C(CCC3[C@H](Cl)N32)Oc2ccccc21. The third kappa shape index (κ3) is 2.53. The van der Waals surface area contributed by atoms with Crippen LogP contribution in [0.3, 0.4) is 0 Å². The molecule has 0 N–H and O–H groups in total. The van der Waals surface area contributed by atoms with Crippen molar-refractivity contribution >= 4 is 11.6 Å². The number of benzene rings is 1. The minimum Gasteiger partial charge on any atom is -0.489 e. The number of para-hydroxylation sites is 1. The highest BCUT2D eigenvalue weighted by Crippen LogP contribution is 2.45. The minimum absolute atomic E-state index is 0.237. The first-order chi connectivity index (χ1) is 10.6. The van der Waals surface area contributed by atoms with E-state index >= 15 is 0 Å². The second kappa shape index (κ2) is 5.70. The lowest BCUT2D eigenvalue weighted by atomic mass is 9.95. The van der Waals surface area contributed by atoms with Gasteiger partial charge in [-0.3, -0.25) is 4.90 Å². The Morgan fingerprint density at radius 1 is 1.14 bits per heavy atom. The maximum absolute atomic E-state index is 6.51. The van der Waals surface area contributed by atoms with Gasteiger partial charge in [0.15, 0.2) is 0 Å². The summed E-state index contributed by atoms with van der Waals surface area (Å²) in [5.74, 6) is 1.57. The Kier molecular flexibility index (Phi) is 3.83. The topological polar surface area (TPSA) is 15.5 Å². The molecule has 0 aliphatic carbocycles. The summed E-state index contributed by atoms with van der Waals surface area (Å²) >= 11 is 6.46. The fraction of sp³-hybridized carbons (Fsp3) is 0.667. The van der Waals surface area contributed by atoms with Crippen LogP contribution in [-0.4, -0.2) is 53.6 Å². The van der Waals surface area contributed by atoms with Gasteiger partial charge in [0.05, 0.1) is 0 Å². The number of hydrogen-bond acceptors (Lipinski definition) is 3. The molecule has 3 heterocycles. The number of piperidine rings is 1. The molecule has 4 heteroatoms. The molecule has 1 aromatic rings. The van der Waals surface area contributed by atoms with Gasteiger partial charge in [-0.05, 0) is 50.4 Å². The van der Waals surface area contributed by atoms with Crippen LogP contribution in [0.1, 0.15) is 37.7 Å². The molecule has 2 saturated heterocycles. The Labute approximate surface area is 138 Å². The van der Waals surface area contributed by atoms with Gasteiger partial charge in [0.1, 0.15) is 17.4 Å². The number of likely N-dealkylation sites (N-methyl/N-ethyl adjacent to an activating group) is 1. The zero-order valence-electron chi connectivity index (χ0n) is 13.4. The summed E-state index contributed by atoms with van der Waals surface area (Å²) in [5, 5.41) is 0. The lowest BCUT2D eigenvalue weighted by Crippen LogP contribution is -2.45. The molecule has 3 aliphatic rings. The normalized spacial score (nSPS) is 41.6. The van der Waals surface area contributed by atoms with Crippen LogP contribution < -0.4 is 4.74 Å². The molecular weight excluding hydrogens is 296 g/mol. The van der Waals surface area contributed by atoms with Crippen molar-refractivity contribution in [3.63, 3.8) is 0 Å². The first-order valence-electron chi connectivity index (χ1n) is 8.51. The number of rotatable bonds is 0. The maximum atomic E-state index is 6.51. The highest BCUT2D eigenvalue weighted by molar-refractivity contribution is 6.22. The molecule has 3 unspecified atom stereocenters. The van der Waals surface area contributed by atoms with Crippen molar-refractivity contribution in [2.24, 2.45) is 0 Å². The number of nitrogens with zero attached hydrogens (tertiary/aromatic N) is 2. The molecule has 3 aliphatic heterocycles. The number of hydrogen-bond donors (Lipinski definition) is 0. The molecule has 4 rings (SSSR count). The van der Waals surface area contributed by atoms with Crippen molar-refractivity contribution in [2.45, 2.75) is 55.8 Å². The molecule has 6 atom stereocenters. The van der Waals surface area contributed by atoms with E-state index in [2.05, 4.69) is 48.0 Å². The number of alkyl halides is 1. The highest BCUT2D eigenvalue weighted by Gasteiger charge is 2.55. The number of ether oxygens (including phenoxy) is 1. The van der Waals surface area contributed by atoms with Gasteiger partial charge in [0.25, 0.3) is 0 Å².